The average Bonchev–Trinajstić information content (AvgIpc) is 2.72. The molecule has 7 heteroatoms. The highest BCUT2D eigenvalue weighted by atomic mass is 35.5. The Morgan fingerprint density at radius 2 is 2.14 bits per heavy atom. The first-order valence-electron chi connectivity index (χ1n) is 6.62. The standard InChI is InChI=1S/C15H17ClFN3O2/c1-8-6-12(16)9(2)19(4)14(8)13-11(7-21)15(20(5)18-13)22-10(3)17/h6-7,10H,2H2,1,3-5H3. The molecule has 1 aromatic rings. The number of carbonyl (C=O) groups excluding carboxylic acids is 1. The monoisotopic (exact) mass is 325 g/mol. The van der Waals surface area contributed by atoms with E-state index in [1.165, 1.54) is 11.6 Å². The van der Waals surface area contributed by atoms with E-state index < -0.39 is 6.36 Å². The Balaban J connectivity index is 2.65. The number of carbonyl (C=O) groups is 1. The van der Waals surface area contributed by atoms with Crippen molar-refractivity contribution in [3.05, 3.63) is 40.2 Å². The van der Waals surface area contributed by atoms with Gasteiger partial charge >= 0.3 is 0 Å². The molecule has 5 nitrogen and oxygen atoms in total. The second-order valence-electron chi connectivity index (χ2n) is 5.00. The lowest BCUT2D eigenvalue weighted by Gasteiger charge is -2.28. The molecule has 1 unspecified atom stereocenters. The zero-order valence-electron chi connectivity index (χ0n) is 12.9. The van der Waals surface area contributed by atoms with E-state index in [1.54, 1.807) is 25.1 Å². The number of nitrogens with zero attached hydrogens (tertiary/aromatic N) is 3. The Morgan fingerprint density at radius 1 is 1.50 bits per heavy atom. The molecule has 1 aromatic heterocycles. The maximum atomic E-state index is 13.2. The van der Waals surface area contributed by atoms with Crippen LogP contribution in [-0.4, -0.2) is 34.4 Å². The molecule has 0 spiro atoms. The van der Waals surface area contributed by atoms with Gasteiger partial charge in [0.05, 0.1) is 16.4 Å². The smallest absolute Gasteiger partial charge is 0.237 e. The summed E-state index contributed by atoms with van der Waals surface area (Å²) in [5, 5.41) is 4.81. The third-order valence-electron chi connectivity index (χ3n) is 3.38. The van der Waals surface area contributed by atoms with E-state index in [0.717, 1.165) is 5.57 Å². The van der Waals surface area contributed by atoms with Crippen LogP contribution in [0.1, 0.15) is 29.9 Å². The van der Waals surface area contributed by atoms with Gasteiger partial charge in [0, 0.05) is 21.0 Å². The van der Waals surface area contributed by atoms with Gasteiger partial charge in [0.25, 0.3) is 0 Å². The lowest BCUT2D eigenvalue weighted by molar-refractivity contribution is 0.0748. The molecule has 1 atom stereocenters. The summed E-state index contributed by atoms with van der Waals surface area (Å²) in [6.07, 6.45) is 0.808. The molecule has 0 fully saturated rings. The van der Waals surface area contributed by atoms with Crippen LogP contribution in [0.4, 0.5) is 4.39 Å². The Labute approximate surface area is 133 Å². The highest BCUT2D eigenvalue weighted by molar-refractivity contribution is 6.32. The topological polar surface area (TPSA) is 47.4 Å². The van der Waals surface area contributed by atoms with Gasteiger partial charge in [-0.2, -0.15) is 5.10 Å². The van der Waals surface area contributed by atoms with E-state index in [2.05, 4.69) is 11.7 Å². The maximum Gasteiger partial charge on any atom is 0.237 e. The van der Waals surface area contributed by atoms with Crippen molar-refractivity contribution in [2.24, 2.45) is 7.05 Å². The van der Waals surface area contributed by atoms with Gasteiger partial charge in [-0.3, -0.25) is 4.79 Å². The summed E-state index contributed by atoms with van der Waals surface area (Å²) in [4.78, 5) is 13.2. The number of aromatic nitrogens is 2. The molecule has 118 valence electrons. The SMILES string of the molecule is C=C1C(Cl)=CC(C)=C(c2nn(C)c(OC(C)F)c2C=O)N1C. The summed E-state index contributed by atoms with van der Waals surface area (Å²) in [6.45, 7) is 6.99. The third kappa shape index (κ3) is 2.66. The van der Waals surface area contributed by atoms with Gasteiger partial charge in [0.15, 0.2) is 6.29 Å². The lowest BCUT2D eigenvalue weighted by Crippen LogP contribution is -2.21. The molecule has 0 saturated heterocycles. The van der Waals surface area contributed by atoms with Crippen LogP contribution in [0.2, 0.25) is 0 Å². The van der Waals surface area contributed by atoms with Gasteiger partial charge in [0.1, 0.15) is 11.3 Å². The predicted octanol–water partition coefficient (Wildman–Crippen LogP) is 3.24. The fourth-order valence-electron chi connectivity index (χ4n) is 2.35. The maximum absolute atomic E-state index is 13.2. The van der Waals surface area contributed by atoms with Crippen molar-refractivity contribution < 1.29 is 13.9 Å². The lowest BCUT2D eigenvalue weighted by atomic mass is 10.0. The van der Waals surface area contributed by atoms with Crippen LogP contribution in [0.25, 0.3) is 5.70 Å². The minimum absolute atomic E-state index is 0.0833. The minimum Gasteiger partial charge on any atom is -0.443 e. The summed E-state index contributed by atoms with van der Waals surface area (Å²) >= 11 is 6.10. The van der Waals surface area contributed by atoms with Gasteiger partial charge in [-0.25, -0.2) is 9.07 Å². The zero-order chi connectivity index (χ0) is 16.6. The Hall–Kier alpha value is -2.08. The molecule has 2 rings (SSSR count). The number of halogens is 2. The summed E-state index contributed by atoms with van der Waals surface area (Å²) in [7, 11) is 3.36. The Bertz CT molecular complexity index is 704. The molecule has 0 aromatic carbocycles. The highest BCUT2D eigenvalue weighted by Crippen LogP contribution is 2.37. The summed E-state index contributed by atoms with van der Waals surface area (Å²) in [6, 6.07) is 0. The van der Waals surface area contributed by atoms with Crippen LogP contribution in [-0.2, 0) is 7.05 Å². The molecule has 0 aliphatic carbocycles. The van der Waals surface area contributed by atoms with Crippen molar-refractivity contribution in [2.75, 3.05) is 7.05 Å². The number of ether oxygens (including phenoxy) is 1. The molecule has 1 aliphatic heterocycles. The molecule has 0 saturated carbocycles. The van der Waals surface area contributed by atoms with Gasteiger partial charge in [-0.1, -0.05) is 18.2 Å². The van der Waals surface area contributed by atoms with E-state index in [9.17, 15) is 9.18 Å². The number of rotatable bonds is 4. The minimum atomic E-state index is -1.55. The van der Waals surface area contributed by atoms with E-state index in [1.807, 2.05) is 6.92 Å². The number of hydrogen-bond donors (Lipinski definition) is 0. The summed E-state index contributed by atoms with van der Waals surface area (Å²) in [5.41, 5.74) is 2.67. The van der Waals surface area contributed by atoms with Crippen LogP contribution >= 0.6 is 11.6 Å². The number of alkyl halides is 1. The molecule has 22 heavy (non-hydrogen) atoms. The molecule has 0 radical (unpaired) electrons. The van der Waals surface area contributed by atoms with Crippen molar-refractivity contribution >= 4 is 23.6 Å². The van der Waals surface area contributed by atoms with Crippen LogP contribution < -0.4 is 4.74 Å². The van der Waals surface area contributed by atoms with E-state index in [-0.39, 0.29) is 11.4 Å². The molecule has 0 N–H and O–H groups in total. The third-order valence-corrected chi connectivity index (χ3v) is 3.71. The number of allylic oxidation sites excluding steroid dienone is 3. The van der Waals surface area contributed by atoms with Gasteiger partial charge < -0.3 is 9.64 Å². The normalized spacial score (nSPS) is 16.7. The Kier molecular flexibility index (Phi) is 4.42. The number of likely N-dealkylation sites (N-methyl/N-ethyl adjacent to an activating group) is 1. The number of hydrogen-bond acceptors (Lipinski definition) is 4. The van der Waals surface area contributed by atoms with Crippen molar-refractivity contribution in [3.63, 3.8) is 0 Å². The quantitative estimate of drug-likeness (QED) is 0.797. The second kappa shape index (κ2) is 5.96. The van der Waals surface area contributed by atoms with Gasteiger partial charge in [-0.05, 0) is 18.6 Å². The van der Waals surface area contributed by atoms with Crippen molar-refractivity contribution in [3.8, 4) is 5.88 Å². The van der Waals surface area contributed by atoms with Crippen LogP contribution in [0.3, 0.4) is 0 Å². The molecule has 1 aliphatic rings. The fourth-order valence-corrected chi connectivity index (χ4v) is 2.64. The molecule has 0 bridgehead atoms. The molecular weight excluding hydrogens is 309 g/mol. The largest absolute Gasteiger partial charge is 0.443 e. The molecule has 2 heterocycles. The first-order valence-corrected chi connectivity index (χ1v) is 7.00. The average molecular weight is 326 g/mol. The van der Waals surface area contributed by atoms with Crippen molar-refractivity contribution in [1.29, 1.82) is 0 Å². The van der Waals surface area contributed by atoms with Gasteiger partial charge in [-0.15, -0.1) is 0 Å². The van der Waals surface area contributed by atoms with Crippen LogP contribution in [0.15, 0.2) is 29.0 Å². The Morgan fingerprint density at radius 3 is 2.68 bits per heavy atom. The number of aldehydes is 1. The first kappa shape index (κ1) is 16.3. The molecular formula is C15H17ClFN3O2. The van der Waals surface area contributed by atoms with Crippen LogP contribution in [0.5, 0.6) is 5.88 Å². The van der Waals surface area contributed by atoms with E-state index in [4.69, 9.17) is 16.3 Å². The van der Waals surface area contributed by atoms with E-state index in [0.29, 0.717) is 28.4 Å². The first-order chi connectivity index (χ1) is 10.3. The number of aryl methyl sites for hydroxylation is 1. The summed E-state index contributed by atoms with van der Waals surface area (Å²) in [5.74, 6) is 0.0833. The second-order valence-corrected chi connectivity index (χ2v) is 5.41. The summed E-state index contributed by atoms with van der Waals surface area (Å²) < 4.78 is 19.6. The fraction of sp³-hybridized carbons (Fsp3) is 0.333. The predicted molar refractivity (Wildman–Crippen MR) is 83.2 cm³/mol. The van der Waals surface area contributed by atoms with Gasteiger partial charge in [0.2, 0.25) is 12.2 Å². The zero-order valence-corrected chi connectivity index (χ0v) is 13.6. The van der Waals surface area contributed by atoms with Crippen molar-refractivity contribution in [1.82, 2.24) is 14.7 Å². The van der Waals surface area contributed by atoms with E-state index >= 15 is 0 Å². The van der Waals surface area contributed by atoms with Crippen LogP contribution in [0, 0.1) is 0 Å². The highest BCUT2D eigenvalue weighted by Gasteiger charge is 2.28. The molecule has 0 amide bonds. The van der Waals surface area contributed by atoms with Crippen molar-refractivity contribution in [2.45, 2.75) is 20.2 Å².